The first-order valence-corrected chi connectivity index (χ1v) is 10.1. The summed E-state index contributed by atoms with van der Waals surface area (Å²) in [6.45, 7) is 6.67. The van der Waals surface area contributed by atoms with Gasteiger partial charge in [-0.1, -0.05) is 36.7 Å². The van der Waals surface area contributed by atoms with Crippen LogP contribution >= 0.6 is 15.9 Å². The summed E-state index contributed by atoms with van der Waals surface area (Å²) >= 11 is 3.40. The summed E-state index contributed by atoms with van der Waals surface area (Å²) in [4.78, 5) is 15.5. The Bertz CT molecular complexity index is 1090. The van der Waals surface area contributed by atoms with Crippen LogP contribution in [0.1, 0.15) is 48.9 Å². The quantitative estimate of drug-likeness (QED) is 0.459. The van der Waals surface area contributed by atoms with Gasteiger partial charge in [0.1, 0.15) is 0 Å². The molecule has 1 amide bonds. The van der Waals surface area contributed by atoms with Crippen LogP contribution in [0.2, 0.25) is 0 Å². The number of aromatic hydroxyl groups is 1. The van der Waals surface area contributed by atoms with E-state index in [-0.39, 0.29) is 17.0 Å². The average Bonchev–Trinajstić information content (AvgIpc) is 3.19. The molecule has 0 spiro atoms. The SMILES string of the molecule is CC(C)(C)[C@H]1CCc2[nH]nc(C(=O)N=Nc3c(O)[nH]c4ccc(Br)cc34)c2C1. The summed E-state index contributed by atoms with van der Waals surface area (Å²) < 4.78 is 0.844. The maximum Gasteiger partial charge on any atom is 0.316 e. The van der Waals surface area contributed by atoms with E-state index in [2.05, 4.69) is 62.1 Å². The number of hydrogen-bond donors (Lipinski definition) is 3. The number of fused-ring (bicyclic) bond motifs is 2. The van der Waals surface area contributed by atoms with Gasteiger partial charge < -0.3 is 10.1 Å². The van der Waals surface area contributed by atoms with Crippen molar-refractivity contribution in [3.05, 3.63) is 39.6 Å². The molecule has 0 saturated heterocycles. The van der Waals surface area contributed by atoms with E-state index < -0.39 is 5.91 Å². The minimum absolute atomic E-state index is 0.124. The molecule has 1 aliphatic carbocycles. The molecule has 0 saturated carbocycles. The molecule has 1 atom stereocenters. The number of carbonyl (C=O) groups is 1. The lowest BCUT2D eigenvalue weighted by Crippen LogP contribution is -2.27. The van der Waals surface area contributed by atoms with Gasteiger partial charge in [0.25, 0.3) is 0 Å². The van der Waals surface area contributed by atoms with Gasteiger partial charge in [0.2, 0.25) is 5.88 Å². The number of H-pyrrole nitrogens is 2. The lowest BCUT2D eigenvalue weighted by atomic mass is 9.71. The topological polar surface area (TPSA) is 106 Å². The Kier molecular flexibility index (Phi) is 4.61. The Morgan fingerprint density at radius 3 is 2.89 bits per heavy atom. The van der Waals surface area contributed by atoms with E-state index >= 15 is 0 Å². The zero-order valence-corrected chi connectivity index (χ0v) is 17.6. The zero-order chi connectivity index (χ0) is 20.1. The normalized spacial score (nSPS) is 17.4. The van der Waals surface area contributed by atoms with Crippen molar-refractivity contribution in [1.82, 2.24) is 15.2 Å². The van der Waals surface area contributed by atoms with Crippen molar-refractivity contribution < 1.29 is 9.90 Å². The molecule has 146 valence electrons. The summed E-state index contributed by atoms with van der Waals surface area (Å²) in [5.74, 6) is -0.145. The number of halogens is 1. The van der Waals surface area contributed by atoms with Gasteiger partial charge in [-0.3, -0.25) is 9.89 Å². The van der Waals surface area contributed by atoms with Crippen molar-refractivity contribution in [3.63, 3.8) is 0 Å². The second kappa shape index (κ2) is 6.84. The molecule has 7 nitrogen and oxygen atoms in total. The van der Waals surface area contributed by atoms with Gasteiger partial charge in [-0.25, -0.2) is 0 Å². The van der Waals surface area contributed by atoms with Crippen LogP contribution in [0.5, 0.6) is 5.88 Å². The van der Waals surface area contributed by atoms with Gasteiger partial charge in [0, 0.05) is 21.1 Å². The number of aromatic nitrogens is 3. The molecule has 2 heterocycles. The third kappa shape index (κ3) is 3.37. The Hall–Kier alpha value is -2.48. The number of azo groups is 1. The molecule has 0 bridgehead atoms. The van der Waals surface area contributed by atoms with E-state index in [1.165, 1.54) is 0 Å². The summed E-state index contributed by atoms with van der Waals surface area (Å²) in [6, 6.07) is 5.48. The maximum absolute atomic E-state index is 12.7. The third-order valence-electron chi connectivity index (χ3n) is 5.53. The number of nitrogens with zero attached hydrogens (tertiary/aromatic N) is 3. The fourth-order valence-electron chi connectivity index (χ4n) is 3.79. The molecular weight excluding hydrogens is 422 g/mol. The molecule has 3 N–H and O–H groups in total. The Morgan fingerprint density at radius 1 is 1.36 bits per heavy atom. The van der Waals surface area contributed by atoms with Gasteiger partial charge in [-0.2, -0.15) is 5.10 Å². The zero-order valence-electron chi connectivity index (χ0n) is 16.0. The first-order chi connectivity index (χ1) is 13.2. The van der Waals surface area contributed by atoms with Gasteiger partial charge in [0.15, 0.2) is 11.4 Å². The summed E-state index contributed by atoms with van der Waals surface area (Å²) in [7, 11) is 0. The molecule has 8 heteroatoms. The Labute approximate surface area is 170 Å². The van der Waals surface area contributed by atoms with Gasteiger partial charge in [-0.05, 0) is 48.8 Å². The predicted molar refractivity (Wildman–Crippen MR) is 110 cm³/mol. The molecule has 28 heavy (non-hydrogen) atoms. The van der Waals surface area contributed by atoms with E-state index in [0.29, 0.717) is 22.5 Å². The van der Waals surface area contributed by atoms with E-state index in [4.69, 9.17) is 0 Å². The Morgan fingerprint density at radius 2 is 2.14 bits per heavy atom. The predicted octanol–water partition coefficient (Wildman–Crippen LogP) is 5.43. The molecule has 0 unspecified atom stereocenters. The van der Waals surface area contributed by atoms with Crippen molar-refractivity contribution in [2.24, 2.45) is 21.6 Å². The lowest BCUT2D eigenvalue weighted by Gasteiger charge is -2.33. The summed E-state index contributed by atoms with van der Waals surface area (Å²) in [5, 5.41) is 25.9. The number of rotatable bonds is 2. The van der Waals surface area contributed by atoms with Crippen molar-refractivity contribution in [1.29, 1.82) is 0 Å². The smallest absolute Gasteiger partial charge is 0.316 e. The van der Waals surface area contributed by atoms with Crippen molar-refractivity contribution in [2.75, 3.05) is 0 Å². The van der Waals surface area contributed by atoms with Crippen LogP contribution < -0.4 is 0 Å². The molecule has 3 aromatic rings. The number of benzene rings is 1. The van der Waals surface area contributed by atoms with E-state index in [1.54, 1.807) is 0 Å². The molecule has 1 aromatic carbocycles. The minimum atomic E-state index is -0.504. The fraction of sp³-hybridized carbons (Fsp3) is 0.400. The van der Waals surface area contributed by atoms with Crippen molar-refractivity contribution in [2.45, 2.75) is 40.0 Å². The van der Waals surface area contributed by atoms with Gasteiger partial charge in [-0.15, -0.1) is 10.2 Å². The van der Waals surface area contributed by atoms with Crippen LogP contribution in [0, 0.1) is 11.3 Å². The standard InChI is InChI=1S/C20H22BrN5O2/c1-20(2,3)10-4-6-15-12(8-10)17(24-23-15)19(28)26-25-16-13-9-11(21)5-7-14(13)22-18(16)27/h5,7,9-10,22,27H,4,6,8H2,1-3H3,(H,23,24)/t10-/m0/s1. The van der Waals surface area contributed by atoms with Crippen LogP contribution in [0.15, 0.2) is 32.9 Å². The third-order valence-corrected chi connectivity index (χ3v) is 6.02. The number of nitrogens with one attached hydrogen (secondary N) is 2. The highest BCUT2D eigenvalue weighted by molar-refractivity contribution is 9.10. The number of aryl methyl sites for hydroxylation is 1. The second-order valence-corrected chi connectivity index (χ2v) is 9.27. The van der Waals surface area contributed by atoms with Crippen molar-refractivity contribution in [3.8, 4) is 5.88 Å². The number of hydrogen-bond acceptors (Lipinski definition) is 4. The maximum atomic E-state index is 12.7. The minimum Gasteiger partial charge on any atom is -0.493 e. The van der Waals surface area contributed by atoms with Crippen LogP contribution in [0.3, 0.4) is 0 Å². The number of aromatic amines is 2. The molecule has 0 radical (unpaired) electrons. The first kappa shape index (κ1) is 18.9. The lowest BCUT2D eigenvalue weighted by molar-refractivity contribution is 0.0988. The monoisotopic (exact) mass is 443 g/mol. The Balaban J connectivity index is 1.63. The summed E-state index contributed by atoms with van der Waals surface area (Å²) in [6.07, 6.45) is 2.76. The van der Waals surface area contributed by atoms with E-state index in [1.807, 2.05) is 18.2 Å². The summed E-state index contributed by atoms with van der Waals surface area (Å²) in [5.41, 5.74) is 3.40. The molecule has 0 aliphatic heterocycles. The molecule has 2 aromatic heterocycles. The second-order valence-electron chi connectivity index (χ2n) is 8.35. The highest BCUT2D eigenvalue weighted by Crippen LogP contribution is 2.39. The van der Waals surface area contributed by atoms with E-state index in [0.717, 1.165) is 35.0 Å². The van der Waals surface area contributed by atoms with Crippen LogP contribution in [0.25, 0.3) is 10.9 Å². The molecule has 0 fully saturated rings. The highest BCUT2D eigenvalue weighted by atomic mass is 79.9. The fourth-order valence-corrected chi connectivity index (χ4v) is 4.15. The highest BCUT2D eigenvalue weighted by Gasteiger charge is 2.32. The van der Waals surface area contributed by atoms with Crippen LogP contribution in [-0.4, -0.2) is 26.2 Å². The largest absolute Gasteiger partial charge is 0.493 e. The first-order valence-electron chi connectivity index (χ1n) is 9.26. The molecular formula is C20H22BrN5O2. The average molecular weight is 444 g/mol. The molecule has 4 rings (SSSR count). The van der Waals surface area contributed by atoms with Gasteiger partial charge >= 0.3 is 5.91 Å². The number of amides is 1. The van der Waals surface area contributed by atoms with E-state index in [9.17, 15) is 9.90 Å². The molecule has 1 aliphatic rings. The van der Waals surface area contributed by atoms with Crippen LogP contribution in [0.4, 0.5) is 5.69 Å². The van der Waals surface area contributed by atoms with Crippen molar-refractivity contribution >= 4 is 38.4 Å². The number of carbonyl (C=O) groups excluding carboxylic acids is 1. The van der Waals surface area contributed by atoms with Gasteiger partial charge in [0.05, 0.1) is 5.52 Å². The van der Waals surface area contributed by atoms with Crippen LogP contribution in [-0.2, 0) is 12.8 Å².